The van der Waals surface area contributed by atoms with Crippen LogP contribution in [-0.2, 0) is 16.6 Å². The van der Waals surface area contributed by atoms with Crippen molar-refractivity contribution in [1.29, 1.82) is 0 Å². The summed E-state index contributed by atoms with van der Waals surface area (Å²) in [5.41, 5.74) is 2.49. The second-order valence-electron chi connectivity index (χ2n) is 9.24. The molecule has 2 N–H and O–H groups in total. The first-order chi connectivity index (χ1) is 15.0. The van der Waals surface area contributed by atoms with Crippen molar-refractivity contribution in [3.05, 3.63) is 28.7 Å². The van der Waals surface area contributed by atoms with Crippen LogP contribution < -0.4 is 21.2 Å². The molecule has 3 aliphatic rings. The summed E-state index contributed by atoms with van der Waals surface area (Å²) in [6, 6.07) is 5.32. The van der Waals surface area contributed by atoms with Crippen LogP contribution in [0.4, 0.5) is 5.69 Å². The van der Waals surface area contributed by atoms with Gasteiger partial charge in [0.15, 0.2) is 0 Å². The average molecular weight is 426 g/mol. The molecule has 8 heteroatoms. The second-order valence-corrected chi connectivity index (χ2v) is 9.24. The van der Waals surface area contributed by atoms with Crippen molar-refractivity contribution in [2.75, 3.05) is 31.1 Å². The minimum Gasteiger partial charge on any atom is -0.370 e. The first-order valence-corrected chi connectivity index (χ1v) is 11.5. The number of carbonyl (C=O) groups excluding carboxylic acids is 2. The molecule has 8 nitrogen and oxygen atoms in total. The molecule has 1 aromatic heterocycles. The Bertz CT molecular complexity index is 1060. The molecule has 2 aromatic rings. The number of hydrogen-bond donors (Lipinski definition) is 2. The van der Waals surface area contributed by atoms with E-state index in [2.05, 4.69) is 21.6 Å². The molecule has 3 saturated heterocycles. The van der Waals surface area contributed by atoms with Gasteiger partial charge in [0.25, 0.3) is 0 Å². The first-order valence-electron chi connectivity index (χ1n) is 11.5. The van der Waals surface area contributed by atoms with E-state index in [1.165, 1.54) is 25.7 Å². The lowest BCUT2D eigenvalue weighted by Gasteiger charge is -2.39. The highest BCUT2D eigenvalue weighted by molar-refractivity contribution is 6.00. The third-order valence-electron chi connectivity index (χ3n) is 7.53. The fourth-order valence-electron chi connectivity index (χ4n) is 5.83. The number of benzene rings is 1. The van der Waals surface area contributed by atoms with Gasteiger partial charge in [0.1, 0.15) is 6.04 Å². The zero-order chi connectivity index (χ0) is 21.5. The van der Waals surface area contributed by atoms with Crippen LogP contribution in [0, 0.1) is 11.8 Å². The van der Waals surface area contributed by atoms with Gasteiger partial charge in [0.2, 0.25) is 11.8 Å². The summed E-state index contributed by atoms with van der Waals surface area (Å²) in [6.45, 7) is 4.26. The van der Waals surface area contributed by atoms with E-state index in [1.54, 1.807) is 16.2 Å². The lowest BCUT2D eigenvalue weighted by molar-refractivity contribution is -0.135. The summed E-state index contributed by atoms with van der Waals surface area (Å²) < 4.78 is 3.23. The second kappa shape index (κ2) is 8.15. The Labute approximate surface area is 181 Å². The largest absolute Gasteiger partial charge is 0.370 e. The van der Waals surface area contributed by atoms with E-state index in [0.29, 0.717) is 6.42 Å². The third-order valence-corrected chi connectivity index (χ3v) is 7.53. The molecule has 3 fully saturated rings. The Morgan fingerprint density at radius 2 is 1.65 bits per heavy atom. The highest BCUT2D eigenvalue weighted by Crippen LogP contribution is 2.35. The quantitative estimate of drug-likeness (QED) is 0.729. The normalized spacial score (nSPS) is 24.0. The fourth-order valence-corrected chi connectivity index (χ4v) is 5.83. The van der Waals surface area contributed by atoms with Crippen molar-refractivity contribution in [2.45, 2.75) is 44.6 Å². The zero-order valence-corrected chi connectivity index (χ0v) is 18.1. The van der Waals surface area contributed by atoms with Crippen LogP contribution in [0.1, 0.15) is 44.6 Å². The zero-order valence-electron chi connectivity index (χ0n) is 18.1. The predicted molar refractivity (Wildman–Crippen MR) is 119 cm³/mol. The van der Waals surface area contributed by atoms with Crippen LogP contribution in [0.5, 0.6) is 0 Å². The molecule has 0 radical (unpaired) electrons. The molecule has 5 rings (SSSR count). The van der Waals surface area contributed by atoms with Gasteiger partial charge in [0.05, 0.1) is 16.7 Å². The van der Waals surface area contributed by atoms with Gasteiger partial charge < -0.3 is 10.2 Å². The fraction of sp³-hybridized carbons (Fsp3) is 0.609. The van der Waals surface area contributed by atoms with E-state index < -0.39 is 6.04 Å². The monoisotopic (exact) mass is 425 g/mol. The summed E-state index contributed by atoms with van der Waals surface area (Å²) in [7, 11) is 1.78. The Hall–Kier alpha value is -2.61. The number of piperidine rings is 3. The van der Waals surface area contributed by atoms with E-state index >= 15 is 0 Å². The summed E-state index contributed by atoms with van der Waals surface area (Å²) in [4.78, 5) is 39.6. The van der Waals surface area contributed by atoms with Crippen LogP contribution in [0.15, 0.2) is 23.0 Å². The molecule has 0 saturated carbocycles. The summed E-state index contributed by atoms with van der Waals surface area (Å²) in [5.74, 6) is 0.956. The van der Waals surface area contributed by atoms with Crippen molar-refractivity contribution < 1.29 is 9.59 Å². The van der Waals surface area contributed by atoms with E-state index in [9.17, 15) is 14.4 Å². The van der Waals surface area contributed by atoms with Gasteiger partial charge >= 0.3 is 5.69 Å². The number of rotatable bonds is 3. The molecule has 1 atom stereocenters. The molecule has 31 heavy (non-hydrogen) atoms. The Morgan fingerprint density at radius 3 is 2.35 bits per heavy atom. The summed E-state index contributed by atoms with van der Waals surface area (Å²) in [5, 5.41) is 5.84. The number of imidazole rings is 1. The van der Waals surface area contributed by atoms with Gasteiger partial charge in [-0.1, -0.05) is 6.07 Å². The maximum Gasteiger partial charge on any atom is 0.329 e. The number of nitrogens with zero attached hydrogens (tertiary/aromatic N) is 3. The summed E-state index contributed by atoms with van der Waals surface area (Å²) in [6.07, 6.45) is 5.54. The van der Waals surface area contributed by atoms with Crippen LogP contribution in [0.2, 0.25) is 0 Å². The molecule has 0 spiro atoms. The van der Waals surface area contributed by atoms with Crippen molar-refractivity contribution in [3.63, 3.8) is 0 Å². The van der Waals surface area contributed by atoms with Gasteiger partial charge in [-0.15, -0.1) is 0 Å². The van der Waals surface area contributed by atoms with Gasteiger partial charge in [0, 0.05) is 26.6 Å². The van der Waals surface area contributed by atoms with Crippen LogP contribution in [0.3, 0.4) is 0 Å². The lowest BCUT2D eigenvalue weighted by atomic mass is 9.79. The Morgan fingerprint density at radius 1 is 0.935 bits per heavy atom. The van der Waals surface area contributed by atoms with Crippen LogP contribution in [0.25, 0.3) is 11.0 Å². The van der Waals surface area contributed by atoms with E-state index in [4.69, 9.17) is 0 Å². The average Bonchev–Trinajstić information content (AvgIpc) is 3.05. The van der Waals surface area contributed by atoms with Crippen molar-refractivity contribution >= 4 is 28.5 Å². The van der Waals surface area contributed by atoms with Gasteiger partial charge in [-0.25, -0.2) is 4.79 Å². The maximum atomic E-state index is 13.1. The molecule has 0 aliphatic carbocycles. The molecular weight excluding hydrogens is 394 g/mol. The first kappa shape index (κ1) is 20.3. The lowest BCUT2D eigenvalue weighted by Crippen LogP contribution is -2.44. The molecule has 0 bridgehead atoms. The predicted octanol–water partition coefficient (Wildman–Crippen LogP) is 1.53. The number of aromatic nitrogens is 2. The Balaban J connectivity index is 1.44. The molecule has 3 aliphatic heterocycles. The highest BCUT2D eigenvalue weighted by Gasteiger charge is 2.33. The number of carbonyl (C=O) groups is 2. The minimum absolute atomic E-state index is 0.207. The standard InChI is InChI=1S/C23H31N5O3/c1-26-21-17(27-13-9-16(10-14-27)15-7-11-24-12-8-15)3-2-4-18(21)28(23(26)31)19-5-6-20(29)25-22(19)30/h2-4,15-16,19,24H,5-14H2,1H3,(H,25,29,30). The molecule has 1 aromatic carbocycles. The number of anilines is 1. The number of amides is 2. The number of aryl methyl sites for hydroxylation is 1. The SMILES string of the molecule is Cn1c(=O)n(C2CCC(=O)NC2=O)c2cccc(N3CCC(C4CCNCC4)CC3)c21. The van der Waals surface area contributed by atoms with Crippen LogP contribution in [-0.4, -0.2) is 47.1 Å². The molecule has 2 amide bonds. The smallest absolute Gasteiger partial charge is 0.329 e. The van der Waals surface area contributed by atoms with Crippen molar-refractivity contribution in [1.82, 2.24) is 19.8 Å². The van der Waals surface area contributed by atoms with Crippen LogP contribution >= 0.6 is 0 Å². The summed E-state index contributed by atoms with van der Waals surface area (Å²) >= 11 is 0. The number of para-hydroxylation sites is 1. The van der Waals surface area contributed by atoms with Crippen molar-refractivity contribution in [2.24, 2.45) is 18.9 Å². The highest BCUT2D eigenvalue weighted by atomic mass is 16.2. The Kier molecular flexibility index (Phi) is 5.33. The molecular formula is C23H31N5O3. The van der Waals surface area contributed by atoms with Gasteiger partial charge in [-0.05, 0) is 69.2 Å². The van der Waals surface area contributed by atoms with E-state index in [-0.39, 0.29) is 23.9 Å². The minimum atomic E-state index is -0.644. The van der Waals surface area contributed by atoms with Gasteiger partial charge in [-0.3, -0.25) is 24.0 Å². The number of fused-ring (bicyclic) bond motifs is 1. The van der Waals surface area contributed by atoms with E-state index in [0.717, 1.165) is 54.7 Å². The maximum absolute atomic E-state index is 13.1. The number of imide groups is 1. The van der Waals surface area contributed by atoms with Gasteiger partial charge in [-0.2, -0.15) is 0 Å². The number of nitrogens with one attached hydrogen (secondary N) is 2. The topological polar surface area (TPSA) is 88.4 Å². The number of hydrogen-bond acceptors (Lipinski definition) is 5. The molecule has 4 heterocycles. The third kappa shape index (κ3) is 3.56. The molecule has 166 valence electrons. The van der Waals surface area contributed by atoms with Crippen molar-refractivity contribution in [3.8, 4) is 0 Å². The van der Waals surface area contributed by atoms with E-state index in [1.807, 2.05) is 12.1 Å². The molecule has 1 unspecified atom stereocenters.